The maximum Gasteiger partial charge on any atom is 0.265 e. The molecule has 2 aliphatic rings. The van der Waals surface area contributed by atoms with Gasteiger partial charge >= 0.3 is 0 Å². The fourth-order valence-corrected chi connectivity index (χ4v) is 4.89. The van der Waals surface area contributed by atoms with E-state index in [9.17, 15) is 9.59 Å². The van der Waals surface area contributed by atoms with Crippen LogP contribution in [0.25, 0.3) is 10.2 Å². The lowest BCUT2D eigenvalue weighted by molar-refractivity contribution is -0.122. The molecule has 5 rings (SSSR count). The van der Waals surface area contributed by atoms with E-state index in [1.807, 2.05) is 18.2 Å². The first kappa shape index (κ1) is 18.9. The molecular formula is C22H22N4O3S. The number of thiazole rings is 1. The SMILES string of the molecule is CC1Oc2ccc(NC(=O)C3CCCN(c4nc5ccccc5s4)C3)cc2NC1=O. The van der Waals surface area contributed by atoms with Crippen LogP contribution in [0.15, 0.2) is 42.5 Å². The molecule has 7 nitrogen and oxygen atoms in total. The number of nitrogens with one attached hydrogen (secondary N) is 2. The van der Waals surface area contributed by atoms with Gasteiger partial charge < -0.3 is 20.3 Å². The molecule has 0 bridgehead atoms. The molecule has 0 saturated carbocycles. The Morgan fingerprint density at radius 2 is 2.17 bits per heavy atom. The molecule has 3 aromatic rings. The summed E-state index contributed by atoms with van der Waals surface area (Å²) in [6, 6.07) is 13.4. The largest absolute Gasteiger partial charge is 0.479 e. The van der Waals surface area contributed by atoms with E-state index in [-0.39, 0.29) is 17.7 Å². The lowest BCUT2D eigenvalue weighted by Crippen LogP contribution is -2.40. The molecule has 2 aromatic carbocycles. The van der Waals surface area contributed by atoms with Crippen LogP contribution in [0.4, 0.5) is 16.5 Å². The van der Waals surface area contributed by atoms with Gasteiger partial charge in [-0.2, -0.15) is 0 Å². The monoisotopic (exact) mass is 422 g/mol. The molecule has 2 atom stereocenters. The lowest BCUT2D eigenvalue weighted by Gasteiger charge is -2.31. The molecule has 1 aromatic heterocycles. The number of fused-ring (bicyclic) bond motifs is 2. The molecular weight excluding hydrogens is 400 g/mol. The van der Waals surface area contributed by atoms with Crippen molar-refractivity contribution in [2.45, 2.75) is 25.9 Å². The molecule has 154 valence electrons. The lowest BCUT2D eigenvalue weighted by atomic mass is 9.97. The predicted molar refractivity (Wildman–Crippen MR) is 118 cm³/mol. The topological polar surface area (TPSA) is 83.6 Å². The standard InChI is InChI=1S/C22H22N4O3S/c1-13-20(27)24-17-11-15(8-9-18(17)29-13)23-21(28)14-5-4-10-26(12-14)22-25-16-6-2-3-7-19(16)30-22/h2-3,6-9,11,13-14H,4-5,10,12H2,1H3,(H,23,28)(H,24,27). The molecule has 0 radical (unpaired) electrons. The van der Waals surface area contributed by atoms with Crippen molar-refractivity contribution in [3.63, 3.8) is 0 Å². The van der Waals surface area contributed by atoms with Crippen LogP contribution < -0.4 is 20.3 Å². The van der Waals surface area contributed by atoms with Gasteiger partial charge in [0, 0.05) is 18.8 Å². The summed E-state index contributed by atoms with van der Waals surface area (Å²) in [5, 5.41) is 6.78. The van der Waals surface area contributed by atoms with Crippen molar-refractivity contribution in [2.24, 2.45) is 5.92 Å². The maximum absolute atomic E-state index is 12.9. The van der Waals surface area contributed by atoms with Crippen LogP contribution in [0.2, 0.25) is 0 Å². The molecule has 1 saturated heterocycles. The van der Waals surface area contributed by atoms with Crippen molar-refractivity contribution in [1.82, 2.24) is 4.98 Å². The predicted octanol–water partition coefficient (Wildman–Crippen LogP) is 3.87. The van der Waals surface area contributed by atoms with Gasteiger partial charge in [-0.15, -0.1) is 0 Å². The third-order valence-corrected chi connectivity index (χ3v) is 6.62. The minimum Gasteiger partial charge on any atom is -0.479 e. The summed E-state index contributed by atoms with van der Waals surface area (Å²) in [4.78, 5) is 31.7. The first-order chi connectivity index (χ1) is 14.6. The van der Waals surface area contributed by atoms with E-state index in [0.717, 1.165) is 34.7 Å². The molecule has 2 unspecified atom stereocenters. The van der Waals surface area contributed by atoms with Crippen molar-refractivity contribution in [2.75, 3.05) is 28.6 Å². The number of hydrogen-bond donors (Lipinski definition) is 2. The highest BCUT2D eigenvalue weighted by Gasteiger charge is 2.28. The fraction of sp³-hybridized carbons (Fsp3) is 0.318. The van der Waals surface area contributed by atoms with Gasteiger partial charge in [0.2, 0.25) is 5.91 Å². The number of carbonyl (C=O) groups excluding carboxylic acids is 2. The van der Waals surface area contributed by atoms with E-state index in [4.69, 9.17) is 9.72 Å². The summed E-state index contributed by atoms with van der Waals surface area (Å²) in [6.45, 7) is 3.26. The van der Waals surface area contributed by atoms with E-state index in [1.165, 1.54) is 0 Å². The molecule has 2 N–H and O–H groups in total. The van der Waals surface area contributed by atoms with Crippen molar-refractivity contribution >= 4 is 49.9 Å². The van der Waals surface area contributed by atoms with Crippen LogP contribution in [-0.4, -0.2) is 36.0 Å². The zero-order valence-corrected chi connectivity index (χ0v) is 17.4. The second-order valence-electron chi connectivity index (χ2n) is 7.70. The van der Waals surface area contributed by atoms with Crippen molar-refractivity contribution in [1.29, 1.82) is 0 Å². The average Bonchev–Trinajstić information content (AvgIpc) is 3.19. The zero-order valence-electron chi connectivity index (χ0n) is 16.6. The Morgan fingerprint density at radius 3 is 3.03 bits per heavy atom. The molecule has 8 heteroatoms. The van der Waals surface area contributed by atoms with E-state index in [0.29, 0.717) is 23.7 Å². The summed E-state index contributed by atoms with van der Waals surface area (Å²) in [5.41, 5.74) is 2.22. The highest BCUT2D eigenvalue weighted by atomic mass is 32.1. The normalized spacial score (nSPS) is 21.0. The van der Waals surface area contributed by atoms with Crippen molar-refractivity contribution in [3.05, 3.63) is 42.5 Å². The summed E-state index contributed by atoms with van der Waals surface area (Å²) < 4.78 is 6.73. The zero-order chi connectivity index (χ0) is 20.7. The van der Waals surface area contributed by atoms with Gasteiger partial charge in [-0.25, -0.2) is 4.98 Å². The molecule has 0 aliphatic carbocycles. The number of aromatic nitrogens is 1. The fourth-order valence-electron chi connectivity index (χ4n) is 3.89. The summed E-state index contributed by atoms with van der Waals surface area (Å²) in [5.74, 6) is 0.286. The average molecular weight is 423 g/mol. The minimum absolute atomic E-state index is 0.0165. The van der Waals surface area contributed by atoms with E-state index < -0.39 is 6.10 Å². The molecule has 3 heterocycles. The molecule has 0 spiro atoms. The number of benzene rings is 2. The second-order valence-corrected chi connectivity index (χ2v) is 8.71. The molecule has 2 amide bonds. The van der Waals surface area contributed by atoms with Crippen LogP contribution in [0, 0.1) is 5.92 Å². The van der Waals surface area contributed by atoms with Crippen LogP contribution >= 0.6 is 11.3 Å². The van der Waals surface area contributed by atoms with Gasteiger partial charge in [0.1, 0.15) is 5.75 Å². The number of piperidine rings is 1. The number of anilines is 3. The van der Waals surface area contributed by atoms with Gasteiger partial charge in [-0.1, -0.05) is 23.5 Å². The van der Waals surface area contributed by atoms with Crippen LogP contribution in [0.3, 0.4) is 0 Å². The Hall–Kier alpha value is -3.13. The quantitative estimate of drug-likeness (QED) is 0.669. The number of ether oxygens (including phenoxy) is 1. The Bertz CT molecular complexity index is 1100. The van der Waals surface area contributed by atoms with Crippen LogP contribution in [0.5, 0.6) is 5.75 Å². The number of nitrogens with zero attached hydrogens (tertiary/aromatic N) is 2. The van der Waals surface area contributed by atoms with E-state index in [2.05, 4.69) is 21.6 Å². The smallest absolute Gasteiger partial charge is 0.265 e. The van der Waals surface area contributed by atoms with Crippen molar-refractivity contribution < 1.29 is 14.3 Å². The number of amides is 2. The Labute approximate surface area is 178 Å². The van der Waals surface area contributed by atoms with Gasteiger partial charge in [0.05, 0.1) is 21.8 Å². The second kappa shape index (κ2) is 7.60. The number of para-hydroxylation sites is 1. The Kier molecular flexibility index (Phi) is 4.78. The Balaban J connectivity index is 1.28. The van der Waals surface area contributed by atoms with E-state index in [1.54, 1.807) is 36.5 Å². The third-order valence-electron chi connectivity index (χ3n) is 5.52. The maximum atomic E-state index is 12.9. The van der Waals surface area contributed by atoms with Crippen molar-refractivity contribution in [3.8, 4) is 5.75 Å². The van der Waals surface area contributed by atoms with E-state index >= 15 is 0 Å². The van der Waals surface area contributed by atoms with Gasteiger partial charge in [0.15, 0.2) is 11.2 Å². The number of carbonyl (C=O) groups is 2. The number of rotatable bonds is 3. The van der Waals surface area contributed by atoms with Crippen LogP contribution in [-0.2, 0) is 9.59 Å². The van der Waals surface area contributed by atoms with Gasteiger partial charge in [-0.05, 0) is 50.1 Å². The highest BCUT2D eigenvalue weighted by Crippen LogP contribution is 2.34. The van der Waals surface area contributed by atoms with Crippen LogP contribution in [0.1, 0.15) is 19.8 Å². The molecule has 30 heavy (non-hydrogen) atoms. The first-order valence-electron chi connectivity index (χ1n) is 10.1. The number of hydrogen-bond acceptors (Lipinski definition) is 6. The summed E-state index contributed by atoms with van der Waals surface area (Å²) >= 11 is 1.67. The Morgan fingerprint density at radius 1 is 1.30 bits per heavy atom. The third kappa shape index (κ3) is 3.59. The first-order valence-corrected chi connectivity index (χ1v) is 10.9. The molecule has 2 aliphatic heterocycles. The highest BCUT2D eigenvalue weighted by molar-refractivity contribution is 7.22. The summed E-state index contributed by atoms with van der Waals surface area (Å²) in [6.07, 6.45) is 1.27. The van der Waals surface area contributed by atoms with Gasteiger partial charge in [0.25, 0.3) is 5.91 Å². The minimum atomic E-state index is -0.520. The molecule has 1 fully saturated rings. The summed E-state index contributed by atoms with van der Waals surface area (Å²) in [7, 11) is 0. The van der Waals surface area contributed by atoms with Gasteiger partial charge in [-0.3, -0.25) is 9.59 Å².